The molecule has 0 atom stereocenters. The van der Waals surface area contributed by atoms with E-state index < -0.39 is 30.4 Å². The molecule has 0 aliphatic rings. The molecule has 2 aromatic rings. The summed E-state index contributed by atoms with van der Waals surface area (Å²) in [6, 6.07) is 4.49. The van der Waals surface area contributed by atoms with E-state index in [0.29, 0.717) is 0 Å². The summed E-state index contributed by atoms with van der Waals surface area (Å²) in [4.78, 5) is 46.7. The summed E-state index contributed by atoms with van der Waals surface area (Å²) in [6.07, 6.45) is 1.32. The highest BCUT2D eigenvalue weighted by atomic mass is 16.5. The topological polar surface area (TPSA) is 159 Å². The van der Waals surface area contributed by atoms with Gasteiger partial charge in [-0.1, -0.05) is 0 Å². The van der Waals surface area contributed by atoms with Crippen molar-refractivity contribution in [2.75, 3.05) is 26.1 Å². The van der Waals surface area contributed by atoms with Crippen molar-refractivity contribution in [3.05, 3.63) is 41.9 Å². The van der Waals surface area contributed by atoms with Crippen LogP contribution in [0.1, 0.15) is 20.9 Å². The quantitative estimate of drug-likeness (QED) is 0.587. The highest BCUT2D eigenvalue weighted by Gasteiger charge is 2.22. The van der Waals surface area contributed by atoms with Crippen LogP contribution in [-0.2, 0) is 9.53 Å². The molecule has 2 rings (SSSR count). The number of rotatable bonds is 7. The van der Waals surface area contributed by atoms with Crippen molar-refractivity contribution in [3.63, 3.8) is 0 Å². The van der Waals surface area contributed by atoms with Gasteiger partial charge < -0.3 is 29.7 Å². The smallest absolute Gasteiger partial charge is 0.340 e. The summed E-state index contributed by atoms with van der Waals surface area (Å²) in [5, 5.41) is 4.25. The van der Waals surface area contributed by atoms with E-state index in [-0.39, 0.29) is 28.5 Å². The maximum atomic E-state index is 12.4. The molecule has 0 spiro atoms. The first-order valence-electron chi connectivity index (χ1n) is 7.73. The molecule has 0 saturated carbocycles. The zero-order valence-corrected chi connectivity index (χ0v) is 14.9. The van der Waals surface area contributed by atoms with Gasteiger partial charge in [-0.3, -0.25) is 14.9 Å². The molecule has 0 aliphatic carbocycles. The Hall–Kier alpha value is -4.02. The first kappa shape index (κ1) is 20.3. The van der Waals surface area contributed by atoms with Crippen LogP contribution in [0.4, 0.5) is 10.5 Å². The number of primary amides is 1. The maximum absolute atomic E-state index is 12.4. The summed E-state index contributed by atoms with van der Waals surface area (Å²) in [6.45, 7) is -0.762. The number of hydrogen-bond donors (Lipinski definition) is 3. The second-order valence-electron chi connectivity index (χ2n) is 5.17. The number of benzene rings is 1. The Morgan fingerprint density at radius 2 is 1.79 bits per heavy atom. The van der Waals surface area contributed by atoms with E-state index in [4.69, 9.17) is 24.4 Å². The Morgan fingerprint density at radius 1 is 1.11 bits per heavy atom. The molecule has 1 heterocycles. The van der Waals surface area contributed by atoms with E-state index in [1.54, 1.807) is 5.32 Å². The number of ether oxygens (including phenoxy) is 3. The van der Waals surface area contributed by atoms with Crippen LogP contribution in [-0.4, -0.2) is 44.6 Å². The van der Waals surface area contributed by atoms with E-state index in [1.807, 2.05) is 0 Å². The monoisotopic (exact) mass is 391 g/mol. The van der Waals surface area contributed by atoms with Crippen molar-refractivity contribution in [1.29, 1.82) is 0 Å². The van der Waals surface area contributed by atoms with Gasteiger partial charge in [0.25, 0.3) is 11.8 Å². The zero-order valence-electron chi connectivity index (χ0n) is 14.9. The minimum atomic E-state index is -1.08. The highest BCUT2D eigenvalue weighted by Crippen LogP contribution is 2.34. The summed E-state index contributed by atoms with van der Waals surface area (Å²) >= 11 is 0. The van der Waals surface area contributed by atoms with Crippen LogP contribution in [0, 0.1) is 0 Å². The van der Waals surface area contributed by atoms with E-state index in [0.717, 1.165) is 0 Å². The van der Waals surface area contributed by atoms with Gasteiger partial charge in [0.1, 0.15) is 0 Å². The Labute approximate surface area is 158 Å². The minimum Gasteiger partial charge on any atom is -0.493 e. The van der Waals surface area contributed by atoms with Gasteiger partial charge in [0.15, 0.2) is 23.9 Å². The van der Waals surface area contributed by atoms with Crippen molar-refractivity contribution in [3.8, 4) is 11.5 Å². The lowest BCUT2D eigenvalue weighted by molar-refractivity contribution is -0.123. The first-order chi connectivity index (χ1) is 13.3. The van der Waals surface area contributed by atoms with Gasteiger partial charge in [-0.2, -0.15) is 0 Å². The standard InChI is InChI=1S/C17H17N3O8/c1-25-12-6-9(16(23)28-8-14(21)20-17(18)24)10(7-13(12)26-2)19-15(22)11-4-3-5-27-11/h3-7H,8H2,1-2H3,(H,19,22)(H3,18,20,21,24). The summed E-state index contributed by atoms with van der Waals surface area (Å²) < 4.78 is 20.1. The van der Waals surface area contributed by atoms with Gasteiger partial charge in [-0.05, 0) is 12.1 Å². The number of furan rings is 1. The number of nitrogens with two attached hydrogens (primary N) is 1. The van der Waals surface area contributed by atoms with Crippen LogP contribution in [0.15, 0.2) is 34.9 Å². The number of anilines is 1. The average molecular weight is 391 g/mol. The molecule has 11 nitrogen and oxygen atoms in total. The fourth-order valence-electron chi connectivity index (χ4n) is 2.13. The molecule has 0 radical (unpaired) electrons. The Kier molecular flexibility index (Phi) is 6.58. The Balaban J connectivity index is 2.29. The zero-order chi connectivity index (χ0) is 20.7. The lowest BCUT2D eigenvalue weighted by atomic mass is 10.1. The fourth-order valence-corrected chi connectivity index (χ4v) is 2.13. The van der Waals surface area contributed by atoms with Gasteiger partial charge in [-0.15, -0.1) is 0 Å². The van der Waals surface area contributed by atoms with Crippen LogP contribution in [0.25, 0.3) is 0 Å². The Bertz CT molecular complexity index is 892. The number of urea groups is 1. The van der Waals surface area contributed by atoms with Gasteiger partial charge in [0, 0.05) is 12.1 Å². The van der Waals surface area contributed by atoms with E-state index >= 15 is 0 Å². The lowest BCUT2D eigenvalue weighted by Gasteiger charge is -2.14. The normalized spacial score (nSPS) is 9.93. The van der Waals surface area contributed by atoms with E-state index in [1.165, 1.54) is 44.7 Å². The van der Waals surface area contributed by atoms with Gasteiger partial charge in [0.05, 0.1) is 31.7 Å². The third-order valence-corrected chi connectivity index (χ3v) is 3.33. The van der Waals surface area contributed by atoms with Crippen LogP contribution in [0.3, 0.4) is 0 Å². The number of carbonyl (C=O) groups excluding carboxylic acids is 4. The van der Waals surface area contributed by atoms with Crippen LogP contribution in [0.5, 0.6) is 11.5 Å². The van der Waals surface area contributed by atoms with Crippen molar-refractivity contribution < 1.29 is 37.8 Å². The molecule has 1 aromatic heterocycles. The molecule has 4 amide bonds. The summed E-state index contributed by atoms with van der Waals surface area (Å²) in [7, 11) is 2.73. The molecular weight excluding hydrogens is 374 g/mol. The molecule has 0 saturated heterocycles. The summed E-state index contributed by atoms with van der Waals surface area (Å²) in [5.74, 6) is -2.07. The first-order valence-corrected chi connectivity index (χ1v) is 7.73. The van der Waals surface area contributed by atoms with E-state index in [9.17, 15) is 19.2 Å². The number of esters is 1. The molecule has 0 bridgehead atoms. The fraction of sp³-hybridized carbons (Fsp3) is 0.176. The molecule has 28 heavy (non-hydrogen) atoms. The maximum Gasteiger partial charge on any atom is 0.340 e. The molecule has 148 valence electrons. The summed E-state index contributed by atoms with van der Waals surface area (Å²) in [5.41, 5.74) is 4.71. The molecular formula is C17H17N3O8. The third kappa shape index (κ3) is 5.00. The predicted molar refractivity (Wildman–Crippen MR) is 94.2 cm³/mol. The SMILES string of the molecule is COc1cc(NC(=O)c2ccco2)c(C(=O)OCC(=O)NC(N)=O)cc1OC. The van der Waals surface area contributed by atoms with Crippen molar-refractivity contribution in [1.82, 2.24) is 5.32 Å². The molecule has 0 fully saturated rings. The van der Waals surface area contributed by atoms with Crippen molar-refractivity contribution >= 4 is 29.5 Å². The average Bonchev–Trinajstić information content (AvgIpc) is 3.20. The Morgan fingerprint density at radius 3 is 2.36 bits per heavy atom. The number of imide groups is 1. The van der Waals surface area contributed by atoms with Gasteiger partial charge in [-0.25, -0.2) is 9.59 Å². The van der Waals surface area contributed by atoms with Crippen molar-refractivity contribution in [2.24, 2.45) is 5.73 Å². The second kappa shape index (κ2) is 9.07. The number of amides is 4. The van der Waals surface area contributed by atoms with Crippen LogP contribution >= 0.6 is 0 Å². The predicted octanol–water partition coefficient (Wildman–Crippen LogP) is 0.901. The van der Waals surface area contributed by atoms with E-state index in [2.05, 4.69) is 5.32 Å². The van der Waals surface area contributed by atoms with Gasteiger partial charge in [0.2, 0.25) is 0 Å². The number of methoxy groups -OCH3 is 2. The number of carbonyl (C=O) groups is 4. The molecule has 11 heteroatoms. The van der Waals surface area contributed by atoms with Crippen LogP contribution in [0.2, 0.25) is 0 Å². The molecule has 1 aromatic carbocycles. The highest BCUT2D eigenvalue weighted by molar-refractivity contribution is 6.07. The number of hydrogen-bond acceptors (Lipinski definition) is 8. The molecule has 4 N–H and O–H groups in total. The minimum absolute atomic E-state index is 0.00920. The third-order valence-electron chi connectivity index (χ3n) is 3.33. The molecule has 0 aliphatic heterocycles. The lowest BCUT2D eigenvalue weighted by Crippen LogP contribution is -2.37. The molecule has 0 unspecified atom stereocenters. The number of nitrogens with one attached hydrogen (secondary N) is 2. The van der Waals surface area contributed by atoms with Gasteiger partial charge >= 0.3 is 12.0 Å². The second-order valence-corrected chi connectivity index (χ2v) is 5.17. The largest absolute Gasteiger partial charge is 0.493 e. The van der Waals surface area contributed by atoms with Crippen LogP contribution < -0.4 is 25.8 Å². The van der Waals surface area contributed by atoms with Crippen molar-refractivity contribution in [2.45, 2.75) is 0 Å².